The highest BCUT2D eigenvalue weighted by molar-refractivity contribution is 6.00. The van der Waals surface area contributed by atoms with Gasteiger partial charge in [0.05, 0.1) is 30.8 Å². The zero-order valence-corrected chi connectivity index (χ0v) is 17.3. The summed E-state index contributed by atoms with van der Waals surface area (Å²) in [7, 11) is 1.56. The SMILES string of the molecule is COc1ccccc1NC1NC(=O)C2C(NC(=O)CC2C(=O)Nc2ccc(C)cc2)N1. The zero-order valence-electron chi connectivity index (χ0n) is 17.3. The van der Waals surface area contributed by atoms with Gasteiger partial charge in [0.25, 0.3) is 0 Å². The third-order valence-electron chi connectivity index (χ3n) is 5.51. The molecule has 4 unspecified atom stereocenters. The van der Waals surface area contributed by atoms with Crippen molar-refractivity contribution in [3.8, 4) is 5.75 Å². The van der Waals surface area contributed by atoms with Crippen LogP contribution >= 0.6 is 0 Å². The van der Waals surface area contributed by atoms with Crippen LogP contribution in [0.15, 0.2) is 48.5 Å². The van der Waals surface area contributed by atoms with Crippen LogP contribution in [0.3, 0.4) is 0 Å². The van der Waals surface area contributed by atoms with Crippen molar-refractivity contribution in [2.45, 2.75) is 25.8 Å². The Labute approximate surface area is 179 Å². The lowest BCUT2D eigenvalue weighted by Gasteiger charge is -2.43. The average Bonchev–Trinajstić information content (AvgIpc) is 2.75. The van der Waals surface area contributed by atoms with Crippen LogP contribution in [0.25, 0.3) is 0 Å². The number of methoxy groups -OCH3 is 1. The van der Waals surface area contributed by atoms with Gasteiger partial charge in [-0.2, -0.15) is 0 Å². The van der Waals surface area contributed by atoms with Gasteiger partial charge in [0, 0.05) is 12.1 Å². The monoisotopic (exact) mass is 423 g/mol. The van der Waals surface area contributed by atoms with Crippen molar-refractivity contribution >= 4 is 29.1 Å². The van der Waals surface area contributed by atoms with Crippen LogP contribution in [-0.2, 0) is 14.4 Å². The molecule has 2 aliphatic rings. The van der Waals surface area contributed by atoms with E-state index in [2.05, 4.69) is 26.6 Å². The molecule has 4 atom stereocenters. The average molecular weight is 423 g/mol. The van der Waals surface area contributed by atoms with E-state index in [0.29, 0.717) is 17.1 Å². The predicted octanol–water partition coefficient (Wildman–Crippen LogP) is 1.14. The Morgan fingerprint density at radius 3 is 2.55 bits per heavy atom. The highest BCUT2D eigenvalue weighted by atomic mass is 16.5. The topological polar surface area (TPSA) is 121 Å². The quantitative estimate of drug-likeness (QED) is 0.492. The molecule has 162 valence electrons. The van der Waals surface area contributed by atoms with E-state index in [4.69, 9.17) is 4.74 Å². The number of fused-ring (bicyclic) bond motifs is 1. The van der Waals surface area contributed by atoms with Crippen LogP contribution < -0.4 is 31.3 Å². The minimum absolute atomic E-state index is 0.0570. The van der Waals surface area contributed by atoms with Crippen molar-refractivity contribution < 1.29 is 19.1 Å². The number of para-hydroxylation sites is 2. The third kappa shape index (κ3) is 4.46. The van der Waals surface area contributed by atoms with E-state index in [0.717, 1.165) is 5.56 Å². The van der Waals surface area contributed by atoms with E-state index in [1.807, 2.05) is 37.3 Å². The Morgan fingerprint density at radius 1 is 1.06 bits per heavy atom. The summed E-state index contributed by atoms with van der Waals surface area (Å²) in [6.45, 7) is 1.95. The zero-order chi connectivity index (χ0) is 22.0. The van der Waals surface area contributed by atoms with Gasteiger partial charge in [0.1, 0.15) is 5.75 Å². The van der Waals surface area contributed by atoms with Gasteiger partial charge < -0.3 is 26.0 Å². The third-order valence-corrected chi connectivity index (χ3v) is 5.51. The lowest BCUT2D eigenvalue weighted by molar-refractivity contribution is -0.144. The summed E-state index contributed by atoms with van der Waals surface area (Å²) < 4.78 is 5.32. The summed E-state index contributed by atoms with van der Waals surface area (Å²) in [6.07, 6.45) is -1.39. The summed E-state index contributed by atoms with van der Waals surface area (Å²) in [6, 6.07) is 14.6. The second-order valence-corrected chi connectivity index (χ2v) is 7.69. The van der Waals surface area contributed by atoms with Crippen LogP contribution in [0, 0.1) is 18.8 Å². The number of hydrogen-bond donors (Lipinski definition) is 5. The first-order valence-corrected chi connectivity index (χ1v) is 10.1. The Hall–Kier alpha value is -3.59. The normalized spacial score (nSPS) is 25.0. The molecule has 0 spiro atoms. The Bertz CT molecular complexity index is 994. The molecule has 9 heteroatoms. The molecular weight excluding hydrogens is 398 g/mol. The van der Waals surface area contributed by atoms with Crippen molar-refractivity contribution in [3.63, 3.8) is 0 Å². The van der Waals surface area contributed by atoms with E-state index in [1.54, 1.807) is 25.3 Å². The number of piperidine rings is 1. The van der Waals surface area contributed by atoms with Crippen molar-refractivity contribution in [2.75, 3.05) is 17.7 Å². The first kappa shape index (κ1) is 20.7. The maximum Gasteiger partial charge on any atom is 0.229 e. The molecule has 0 aromatic heterocycles. The molecule has 31 heavy (non-hydrogen) atoms. The number of anilines is 2. The van der Waals surface area contributed by atoms with Crippen LogP contribution in [-0.4, -0.2) is 37.3 Å². The molecule has 2 heterocycles. The predicted molar refractivity (Wildman–Crippen MR) is 115 cm³/mol. The molecule has 2 aromatic rings. The first-order valence-electron chi connectivity index (χ1n) is 10.1. The molecule has 0 radical (unpaired) electrons. The van der Waals surface area contributed by atoms with E-state index in [-0.39, 0.29) is 24.1 Å². The van der Waals surface area contributed by atoms with Crippen molar-refractivity contribution in [1.82, 2.24) is 16.0 Å². The van der Waals surface area contributed by atoms with Gasteiger partial charge in [0.15, 0.2) is 6.29 Å². The highest BCUT2D eigenvalue weighted by Crippen LogP contribution is 2.29. The van der Waals surface area contributed by atoms with Gasteiger partial charge in [-0.3, -0.25) is 19.7 Å². The fraction of sp³-hybridized carbons (Fsp3) is 0.318. The second kappa shape index (κ2) is 8.65. The van der Waals surface area contributed by atoms with Crippen LogP contribution in [0.5, 0.6) is 5.75 Å². The minimum atomic E-state index is -0.792. The Balaban J connectivity index is 1.48. The van der Waals surface area contributed by atoms with Gasteiger partial charge >= 0.3 is 0 Å². The van der Waals surface area contributed by atoms with E-state index in [1.165, 1.54) is 0 Å². The van der Waals surface area contributed by atoms with Gasteiger partial charge in [-0.15, -0.1) is 0 Å². The van der Waals surface area contributed by atoms with Gasteiger partial charge in [0.2, 0.25) is 17.7 Å². The maximum absolute atomic E-state index is 12.9. The molecule has 4 rings (SSSR count). The molecule has 5 N–H and O–H groups in total. The standard InChI is InChI=1S/C22H25N5O4/c1-12-7-9-13(10-8-12)23-20(29)14-11-17(28)25-19-18(14)21(30)27-22(26-19)24-15-5-3-4-6-16(15)31-2/h3-10,14,18-19,22,24,26H,11H2,1-2H3,(H,23,29)(H,25,28)(H,27,30). The van der Waals surface area contributed by atoms with Crippen LogP contribution in [0.2, 0.25) is 0 Å². The minimum Gasteiger partial charge on any atom is -0.495 e. The van der Waals surface area contributed by atoms with E-state index in [9.17, 15) is 14.4 Å². The highest BCUT2D eigenvalue weighted by Gasteiger charge is 2.48. The van der Waals surface area contributed by atoms with Crippen molar-refractivity contribution in [2.24, 2.45) is 11.8 Å². The van der Waals surface area contributed by atoms with Gasteiger partial charge in [-0.1, -0.05) is 29.8 Å². The fourth-order valence-corrected chi connectivity index (χ4v) is 3.95. The number of ether oxygens (including phenoxy) is 1. The van der Waals surface area contributed by atoms with Crippen LogP contribution in [0.1, 0.15) is 12.0 Å². The molecule has 0 saturated carbocycles. The Kier molecular flexibility index (Phi) is 5.77. The number of carbonyl (C=O) groups is 3. The molecular formula is C22H25N5O4. The first-order chi connectivity index (χ1) is 14.9. The molecule has 0 aliphatic carbocycles. The number of amides is 3. The summed E-state index contributed by atoms with van der Waals surface area (Å²) >= 11 is 0. The van der Waals surface area contributed by atoms with Gasteiger partial charge in [-0.25, -0.2) is 0 Å². The molecule has 0 bridgehead atoms. The van der Waals surface area contributed by atoms with Crippen molar-refractivity contribution in [3.05, 3.63) is 54.1 Å². The summed E-state index contributed by atoms with van der Waals surface area (Å²) in [4.78, 5) is 38.2. The number of rotatable bonds is 5. The van der Waals surface area contributed by atoms with E-state index >= 15 is 0 Å². The lowest BCUT2D eigenvalue weighted by Crippen LogP contribution is -2.72. The second-order valence-electron chi connectivity index (χ2n) is 7.69. The number of benzene rings is 2. The number of nitrogens with one attached hydrogen (secondary N) is 5. The summed E-state index contributed by atoms with van der Waals surface area (Å²) in [5, 5.41) is 14.8. The van der Waals surface area contributed by atoms with E-state index < -0.39 is 24.3 Å². The number of aryl methyl sites for hydroxylation is 1. The maximum atomic E-state index is 12.9. The summed E-state index contributed by atoms with van der Waals surface area (Å²) in [5.41, 5.74) is 2.37. The Morgan fingerprint density at radius 2 is 1.81 bits per heavy atom. The van der Waals surface area contributed by atoms with Crippen molar-refractivity contribution in [1.29, 1.82) is 0 Å². The lowest BCUT2D eigenvalue weighted by atomic mass is 9.81. The fourth-order valence-electron chi connectivity index (χ4n) is 3.95. The smallest absolute Gasteiger partial charge is 0.229 e. The molecule has 2 aliphatic heterocycles. The van der Waals surface area contributed by atoms with Gasteiger partial charge in [-0.05, 0) is 31.2 Å². The molecule has 2 saturated heterocycles. The molecule has 2 aromatic carbocycles. The molecule has 2 fully saturated rings. The largest absolute Gasteiger partial charge is 0.495 e. The summed E-state index contributed by atoms with van der Waals surface area (Å²) in [5.74, 6) is -1.88. The van der Waals surface area contributed by atoms with Crippen LogP contribution in [0.4, 0.5) is 11.4 Å². The molecule has 9 nitrogen and oxygen atoms in total. The number of hydrogen-bond acceptors (Lipinski definition) is 6. The number of carbonyl (C=O) groups excluding carboxylic acids is 3. The molecule has 3 amide bonds.